The van der Waals surface area contributed by atoms with Crippen LogP contribution in [0.5, 0.6) is 5.75 Å². The second-order valence-corrected chi connectivity index (χ2v) is 10.8. The number of nitrogens with zero attached hydrogens (tertiary/aromatic N) is 3. The zero-order valence-corrected chi connectivity index (χ0v) is 23.8. The van der Waals surface area contributed by atoms with Crippen LogP contribution >= 0.6 is 0 Å². The molecule has 2 fully saturated rings. The van der Waals surface area contributed by atoms with E-state index in [1.807, 2.05) is 52.3 Å². The lowest BCUT2D eigenvalue weighted by molar-refractivity contribution is -0.136. The highest BCUT2D eigenvalue weighted by Gasteiger charge is 2.29. The van der Waals surface area contributed by atoms with Gasteiger partial charge in [-0.2, -0.15) is 0 Å². The van der Waals surface area contributed by atoms with Crippen molar-refractivity contribution in [1.82, 2.24) is 14.7 Å². The topological polar surface area (TPSA) is 53.1 Å². The fourth-order valence-electron chi connectivity index (χ4n) is 5.92. The molecule has 1 atom stereocenters. The van der Waals surface area contributed by atoms with E-state index in [2.05, 4.69) is 36.1 Å². The van der Waals surface area contributed by atoms with Crippen LogP contribution in [0, 0.1) is 5.92 Å². The number of carbonyl (C=O) groups is 2. The maximum Gasteiger partial charge on any atom is 0.230 e. The number of benzene rings is 2. The van der Waals surface area contributed by atoms with E-state index in [-0.39, 0.29) is 17.7 Å². The van der Waals surface area contributed by atoms with Crippen LogP contribution in [-0.2, 0) is 9.59 Å². The van der Waals surface area contributed by atoms with Gasteiger partial charge in [-0.25, -0.2) is 0 Å². The molecule has 0 bridgehead atoms. The summed E-state index contributed by atoms with van der Waals surface area (Å²) < 4.78 is 5.48. The van der Waals surface area contributed by atoms with Gasteiger partial charge in [0.05, 0.1) is 13.0 Å². The highest BCUT2D eigenvalue weighted by Crippen LogP contribution is 2.26. The van der Waals surface area contributed by atoms with Crippen molar-refractivity contribution in [3.05, 3.63) is 71.8 Å². The van der Waals surface area contributed by atoms with Gasteiger partial charge in [-0.3, -0.25) is 14.5 Å². The first-order chi connectivity index (χ1) is 19.1. The molecule has 2 aromatic carbocycles. The van der Waals surface area contributed by atoms with Gasteiger partial charge in [0, 0.05) is 57.3 Å². The number of amides is 2. The standard InChI is InChI=1S/C33H45N3O3/c1-3-30(27-13-6-4-7-14-27)33(38)36-25-22-34(23-26-36)21-24-35(32(37)29-16-8-5-9-17-29)20-12-18-28-15-10-11-19-31(28)39-2/h4,6-7,10-15,18-19,29-30H,3,5,8-9,16-17,20-26H2,1-2H3/b18-12+. The van der Waals surface area contributed by atoms with Crippen molar-refractivity contribution in [2.75, 3.05) is 52.9 Å². The van der Waals surface area contributed by atoms with Crippen molar-refractivity contribution >= 4 is 17.9 Å². The van der Waals surface area contributed by atoms with Crippen molar-refractivity contribution in [3.8, 4) is 5.75 Å². The summed E-state index contributed by atoms with van der Waals surface area (Å²) in [7, 11) is 1.68. The molecule has 2 aromatic rings. The molecule has 0 radical (unpaired) electrons. The number of piperazine rings is 1. The Hall–Kier alpha value is -3.12. The summed E-state index contributed by atoms with van der Waals surface area (Å²) in [5.41, 5.74) is 2.12. The normalized spacial score (nSPS) is 17.7. The Morgan fingerprint density at radius 3 is 2.36 bits per heavy atom. The third-order valence-corrected chi connectivity index (χ3v) is 8.31. The van der Waals surface area contributed by atoms with Gasteiger partial charge in [0.1, 0.15) is 5.75 Å². The molecule has 210 valence electrons. The molecule has 0 spiro atoms. The number of hydrogen-bond donors (Lipinski definition) is 0. The van der Waals surface area contributed by atoms with Gasteiger partial charge in [0.25, 0.3) is 0 Å². The van der Waals surface area contributed by atoms with Crippen molar-refractivity contribution in [1.29, 1.82) is 0 Å². The first-order valence-electron chi connectivity index (χ1n) is 14.7. The lowest BCUT2D eigenvalue weighted by Crippen LogP contribution is -2.52. The number of methoxy groups -OCH3 is 1. The van der Waals surface area contributed by atoms with Crippen LogP contribution in [-0.4, -0.2) is 79.4 Å². The smallest absolute Gasteiger partial charge is 0.230 e. The molecule has 1 unspecified atom stereocenters. The maximum absolute atomic E-state index is 13.5. The van der Waals surface area contributed by atoms with Gasteiger partial charge in [-0.1, -0.05) is 86.9 Å². The quantitative estimate of drug-likeness (QED) is 0.387. The van der Waals surface area contributed by atoms with Crippen LogP contribution in [0.4, 0.5) is 0 Å². The lowest BCUT2D eigenvalue weighted by atomic mass is 9.88. The second kappa shape index (κ2) is 14.9. The minimum atomic E-state index is -0.0728. The van der Waals surface area contributed by atoms with Gasteiger partial charge in [-0.15, -0.1) is 0 Å². The zero-order valence-electron chi connectivity index (χ0n) is 23.8. The number of carbonyl (C=O) groups excluding carboxylic acids is 2. The fraction of sp³-hybridized carbons (Fsp3) is 0.515. The van der Waals surface area contributed by atoms with Crippen molar-refractivity contribution < 1.29 is 14.3 Å². The van der Waals surface area contributed by atoms with Crippen molar-refractivity contribution in [2.24, 2.45) is 5.92 Å². The summed E-state index contributed by atoms with van der Waals surface area (Å²) in [5.74, 6) is 1.44. The van der Waals surface area contributed by atoms with Crippen LogP contribution in [0.25, 0.3) is 6.08 Å². The van der Waals surface area contributed by atoms with Gasteiger partial charge >= 0.3 is 0 Å². The number of rotatable bonds is 11. The SMILES string of the molecule is CCC(C(=O)N1CCN(CCN(C/C=C/c2ccccc2OC)C(=O)C2CCCCC2)CC1)c1ccccc1. The molecule has 2 amide bonds. The molecule has 6 heteroatoms. The minimum Gasteiger partial charge on any atom is -0.496 e. The summed E-state index contributed by atoms with van der Waals surface area (Å²) in [6.07, 6.45) is 10.5. The first kappa shape index (κ1) is 28.9. The average Bonchev–Trinajstić information content (AvgIpc) is 3.00. The highest BCUT2D eigenvalue weighted by molar-refractivity contribution is 5.83. The Kier molecular flexibility index (Phi) is 11.0. The molecular weight excluding hydrogens is 486 g/mol. The monoisotopic (exact) mass is 531 g/mol. The summed E-state index contributed by atoms with van der Waals surface area (Å²) >= 11 is 0. The first-order valence-corrected chi connectivity index (χ1v) is 14.7. The Bertz CT molecular complexity index is 1070. The molecule has 1 aliphatic carbocycles. The van der Waals surface area contributed by atoms with E-state index >= 15 is 0 Å². The Balaban J connectivity index is 1.33. The molecule has 39 heavy (non-hydrogen) atoms. The second-order valence-electron chi connectivity index (χ2n) is 10.8. The molecule has 4 rings (SSSR count). The fourth-order valence-corrected chi connectivity index (χ4v) is 5.92. The highest BCUT2D eigenvalue weighted by atomic mass is 16.5. The zero-order chi connectivity index (χ0) is 27.5. The van der Waals surface area contributed by atoms with Crippen LogP contribution in [0.1, 0.15) is 62.5 Å². The predicted molar refractivity (Wildman–Crippen MR) is 158 cm³/mol. The summed E-state index contributed by atoms with van der Waals surface area (Å²) in [4.78, 5) is 33.3. The van der Waals surface area contributed by atoms with E-state index in [0.29, 0.717) is 19.0 Å². The van der Waals surface area contributed by atoms with E-state index < -0.39 is 0 Å². The van der Waals surface area contributed by atoms with Gasteiger partial charge in [0.2, 0.25) is 11.8 Å². The largest absolute Gasteiger partial charge is 0.496 e. The Labute approximate surface area is 234 Å². The van der Waals surface area contributed by atoms with Crippen LogP contribution in [0.15, 0.2) is 60.7 Å². The van der Waals surface area contributed by atoms with Crippen molar-refractivity contribution in [2.45, 2.75) is 51.4 Å². The van der Waals surface area contributed by atoms with Gasteiger partial charge in [0.15, 0.2) is 0 Å². The molecule has 1 heterocycles. The van der Waals surface area contributed by atoms with E-state index in [1.165, 1.54) is 6.42 Å². The molecule has 1 saturated heterocycles. The Morgan fingerprint density at radius 2 is 1.67 bits per heavy atom. The Morgan fingerprint density at radius 1 is 0.974 bits per heavy atom. The van der Waals surface area contributed by atoms with E-state index in [9.17, 15) is 9.59 Å². The average molecular weight is 532 g/mol. The molecule has 6 nitrogen and oxygen atoms in total. The van der Waals surface area contributed by atoms with Gasteiger partial charge in [-0.05, 0) is 30.9 Å². The van der Waals surface area contributed by atoms with Crippen LogP contribution < -0.4 is 4.74 Å². The minimum absolute atomic E-state index is 0.0728. The molecule has 0 N–H and O–H groups in total. The number of para-hydroxylation sites is 1. The molecule has 0 aromatic heterocycles. The summed E-state index contributed by atoms with van der Waals surface area (Å²) in [6.45, 7) is 7.41. The van der Waals surface area contributed by atoms with Crippen LogP contribution in [0.2, 0.25) is 0 Å². The van der Waals surface area contributed by atoms with E-state index in [1.54, 1.807) is 7.11 Å². The lowest BCUT2D eigenvalue weighted by Gasteiger charge is -2.37. The van der Waals surface area contributed by atoms with Gasteiger partial charge < -0.3 is 14.5 Å². The number of ether oxygens (including phenoxy) is 1. The summed E-state index contributed by atoms with van der Waals surface area (Å²) in [5, 5.41) is 0. The number of hydrogen-bond acceptors (Lipinski definition) is 4. The van der Waals surface area contributed by atoms with Crippen LogP contribution in [0.3, 0.4) is 0 Å². The molecule has 1 saturated carbocycles. The summed E-state index contributed by atoms with van der Waals surface area (Å²) in [6, 6.07) is 18.1. The maximum atomic E-state index is 13.5. The van der Waals surface area contributed by atoms with E-state index in [4.69, 9.17) is 4.74 Å². The third kappa shape index (κ3) is 7.95. The molecule has 2 aliphatic rings. The van der Waals surface area contributed by atoms with Crippen molar-refractivity contribution in [3.63, 3.8) is 0 Å². The predicted octanol–water partition coefficient (Wildman–Crippen LogP) is 5.46. The third-order valence-electron chi connectivity index (χ3n) is 8.31. The molecular formula is C33H45N3O3. The van der Waals surface area contributed by atoms with E-state index in [0.717, 1.165) is 81.7 Å². The molecule has 1 aliphatic heterocycles.